The van der Waals surface area contributed by atoms with E-state index in [2.05, 4.69) is 57.5 Å². The maximum absolute atomic E-state index is 4.63. The van der Waals surface area contributed by atoms with Crippen molar-refractivity contribution in [1.82, 2.24) is 14.9 Å². The molecule has 1 aliphatic heterocycles. The Kier molecular flexibility index (Phi) is 3.20. The van der Waals surface area contributed by atoms with Gasteiger partial charge < -0.3 is 4.98 Å². The van der Waals surface area contributed by atoms with Crippen LogP contribution in [0.25, 0.3) is 10.9 Å². The molecule has 0 radical (unpaired) electrons. The van der Waals surface area contributed by atoms with E-state index in [1.54, 1.807) is 0 Å². The molecule has 0 saturated carbocycles. The fraction of sp³-hybridized carbons (Fsp3) is 0.278. The monoisotopic (exact) mass is 277 g/mol. The van der Waals surface area contributed by atoms with Gasteiger partial charge in [-0.3, -0.25) is 9.88 Å². The Balaban J connectivity index is 1.85. The smallest absolute Gasteiger partial charge is 0.0797 e. The summed E-state index contributed by atoms with van der Waals surface area (Å²) in [5.41, 5.74) is 3.68. The fourth-order valence-electron chi connectivity index (χ4n) is 3.40. The molecule has 1 saturated heterocycles. The van der Waals surface area contributed by atoms with Crippen LogP contribution in [-0.2, 0) is 0 Å². The molecule has 4 rings (SSSR count). The summed E-state index contributed by atoms with van der Waals surface area (Å²) < 4.78 is 0. The number of aromatic nitrogens is 2. The minimum Gasteiger partial charge on any atom is -0.361 e. The highest BCUT2D eigenvalue weighted by atomic mass is 15.2. The Morgan fingerprint density at radius 3 is 2.62 bits per heavy atom. The molecule has 3 heterocycles. The molecule has 0 aliphatic carbocycles. The number of nitrogens with one attached hydrogen (secondary N) is 1. The number of nitrogens with zero attached hydrogens (tertiary/aromatic N) is 2. The molecule has 2 aromatic heterocycles. The quantitative estimate of drug-likeness (QED) is 0.790. The summed E-state index contributed by atoms with van der Waals surface area (Å²) in [5.74, 6) is 0. The Labute approximate surface area is 124 Å². The van der Waals surface area contributed by atoms with E-state index in [9.17, 15) is 0 Å². The molecule has 3 nitrogen and oxygen atoms in total. The average molecular weight is 277 g/mol. The van der Waals surface area contributed by atoms with Crippen molar-refractivity contribution >= 4 is 10.9 Å². The molecular formula is C18H19N3. The number of rotatable bonds is 3. The van der Waals surface area contributed by atoms with Gasteiger partial charge in [-0.1, -0.05) is 24.3 Å². The van der Waals surface area contributed by atoms with Crippen molar-refractivity contribution in [2.75, 3.05) is 13.1 Å². The number of pyridine rings is 1. The molecule has 1 N–H and O–H groups in total. The number of aromatic amines is 1. The van der Waals surface area contributed by atoms with Gasteiger partial charge in [0.25, 0.3) is 0 Å². The third-order valence-electron chi connectivity index (χ3n) is 4.39. The van der Waals surface area contributed by atoms with E-state index in [0.29, 0.717) is 0 Å². The lowest BCUT2D eigenvalue weighted by molar-refractivity contribution is 0.278. The highest BCUT2D eigenvalue weighted by Crippen LogP contribution is 2.34. The van der Waals surface area contributed by atoms with Crippen molar-refractivity contribution in [3.05, 3.63) is 66.1 Å². The number of hydrogen-bond donors (Lipinski definition) is 1. The maximum Gasteiger partial charge on any atom is 0.0797 e. The second kappa shape index (κ2) is 5.34. The number of H-pyrrole nitrogens is 1. The maximum atomic E-state index is 4.63. The van der Waals surface area contributed by atoms with E-state index in [-0.39, 0.29) is 6.04 Å². The topological polar surface area (TPSA) is 31.9 Å². The number of benzene rings is 1. The molecule has 0 amide bonds. The Hall–Kier alpha value is -2.13. The molecule has 1 atom stereocenters. The van der Waals surface area contributed by atoms with Gasteiger partial charge in [0.2, 0.25) is 0 Å². The van der Waals surface area contributed by atoms with Crippen LogP contribution >= 0.6 is 0 Å². The van der Waals surface area contributed by atoms with Crippen LogP contribution in [0.2, 0.25) is 0 Å². The van der Waals surface area contributed by atoms with E-state index in [4.69, 9.17) is 0 Å². The van der Waals surface area contributed by atoms with E-state index < -0.39 is 0 Å². The van der Waals surface area contributed by atoms with E-state index in [1.807, 2.05) is 12.3 Å². The van der Waals surface area contributed by atoms with Crippen molar-refractivity contribution in [2.45, 2.75) is 18.9 Å². The van der Waals surface area contributed by atoms with Gasteiger partial charge in [-0.2, -0.15) is 0 Å². The van der Waals surface area contributed by atoms with E-state index in [0.717, 1.165) is 18.8 Å². The summed E-state index contributed by atoms with van der Waals surface area (Å²) in [6.45, 7) is 2.31. The van der Waals surface area contributed by atoms with Gasteiger partial charge in [-0.05, 0) is 44.1 Å². The van der Waals surface area contributed by atoms with Gasteiger partial charge >= 0.3 is 0 Å². The highest BCUT2D eigenvalue weighted by Gasteiger charge is 2.27. The minimum absolute atomic E-state index is 0.254. The van der Waals surface area contributed by atoms with Gasteiger partial charge in [0.15, 0.2) is 0 Å². The normalized spacial score (nSPS) is 17.3. The summed E-state index contributed by atoms with van der Waals surface area (Å²) in [5, 5.41) is 1.31. The molecule has 0 unspecified atom stereocenters. The first-order valence-electron chi connectivity index (χ1n) is 7.64. The molecule has 21 heavy (non-hydrogen) atoms. The SMILES string of the molecule is c1ccc([C@@H](c2c[nH]c3ccccc23)N2CCCC2)nc1. The highest BCUT2D eigenvalue weighted by molar-refractivity contribution is 5.84. The van der Waals surface area contributed by atoms with Gasteiger partial charge in [0, 0.05) is 28.9 Å². The number of hydrogen-bond acceptors (Lipinski definition) is 2. The first-order chi connectivity index (χ1) is 10.4. The number of para-hydroxylation sites is 1. The van der Waals surface area contributed by atoms with Crippen LogP contribution in [0.1, 0.15) is 30.1 Å². The van der Waals surface area contributed by atoms with Crippen LogP contribution in [0.5, 0.6) is 0 Å². The van der Waals surface area contributed by atoms with E-state index >= 15 is 0 Å². The third kappa shape index (κ3) is 2.24. The van der Waals surface area contributed by atoms with Crippen LogP contribution in [0.4, 0.5) is 0 Å². The number of likely N-dealkylation sites (tertiary alicyclic amines) is 1. The zero-order chi connectivity index (χ0) is 14.1. The van der Waals surface area contributed by atoms with Crippen molar-refractivity contribution in [3.8, 4) is 0 Å². The first-order valence-corrected chi connectivity index (χ1v) is 7.64. The number of fused-ring (bicyclic) bond motifs is 1. The summed E-state index contributed by atoms with van der Waals surface area (Å²) in [6.07, 6.45) is 6.62. The molecule has 1 fully saturated rings. The molecular weight excluding hydrogens is 258 g/mol. The molecule has 3 aromatic rings. The van der Waals surface area contributed by atoms with Crippen LogP contribution in [0.3, 0.4) is 0 Å². The van der Waals surface area contributed by atoms with Gasteiger partial charge in [0.1, 0.15) is 0 Å². The first kappa shape index (κ1) is 12.6. The summed E-state index contributed by atoms with van der Waals surface area (Å²) >= 11 is 0. The molecule has 1 aliphatic rings. The lowest BCUT2D eigenvalue weighted by Crippen LogP contribution is -2.27. The second-order valence-corrected chi connectivity index (χ2v) is 5.69. The minimum atomic E-state index is 0.254. The standard InChI is InChI=1S/C18H19N3/c1-2-8-16-14(7-1)15(13-20-16)18(21-11-5-6-12-21)17-9-3-4-10-19-17/h1-4,7-10,13,18,20H,5-6,11-12H2/t18-/m1/s1. The average Bonchev–Trinajstić information content (AvgIpc) is 3.20. The van der Waals surface area contributed by atoms with Crippen molar-refractivity contribution in [2.24, 2.45) is 0 Å². The van der Waals surface area contributed by atoms with Gasteiger partial charge in [-0.15, -0.1) is 0 Å². The Morgan fingerprint density at radius 2 is 1.81 bits per heavy atom. The lowest BCUT2D eigenvalue weighted by Gasteiger charge is -2.27. The van der Waals surface area contributed by atoms with Crippen molar-refractivity contribution < 1.29 is 0 Å². The van der Waals surface area contributed by atoms with Crippen LogP contribution < -0.4 is 0 Å². The largest absolute Gasteiger partial charge is 0.361 e. The van der Waals surface area contributed by atoms with E-state index in [1.165, 1.54) is 29.3 Å². The molecule has 0 spiro atoms. The molecule has 3 heteroatoms. The predicted octanol–water partition coefficient (Wildman–Crippen LogP) is 3.75. The fourth-order valence-corrected chi connectivity index (χ4v) is 3.40. The molecule has 106 valence electrons. The summed E-state index contributed by atoms with van der Waals surface area (Å²) in [4.78, 5) is 10.6. The summed E-state index contributed by atoms with van der Waals surface area (Å²) in [6, 6.07) is 15.0. The Bertz CT molecular complexity index is 726. The lowest BCUT2D eigenvalue weighted by atomic mass is 10.0. The second-order valence-electron chi connectivity index (χ2n) is 5.69. The third-order valence-corrected chi connectivity index (χ3v) is 4.39. The zero-order valence-corrected chi connectivity index (χ0v) is 12.0. The molecule has 0 bridgehead atoms. The van der Waals surface area contributed by atoms with Crippen LogP contribution in [0.15, 0.2) is 54.9 Å². The predicted molar refractivity (Wildman–Crippen MR) is 85.2 cm³/mol. The zero-order valence-electron chi connectivity index (χ0n) is 12.0. The Morgan fingerprint density at radius 1 is 1.00 bits per heavy atom. The van der Waals surface area contributed by atoms with Crippen LogP contribution in [-0.4, -0.2) is 28.0 Å². The van der Waals surface area contributed by atoms with Crippen molar-refractivity contribution in [3.63, 3.8) is 0 Å². The van der Waals surface area contributed by atoms with Gasteiger partial charge in [0.05, 0.1) is 11.7 Å². The van der Waals surface area contributed by atoms with Crippen LogP contribution in [0, 0.1) is 0 Å². The van der Waals surface area contributed by atoms with Gasteiger partial charge in [-0.25, -0.2) is 0 Å². The van der Waals surface area contributed by atoms with Crippen molar-refractivity contribution in [1.29, 1.82) is 0 Å². The summed E-state index contributed by atoms with van der Waals surface area (Å²) in [7, 11) is 0. The molecule has 1 aromatic carbocycles.